The van der Waals surface area contributed by atoms with Crippen molar-refractivity contribution in [3.63, 3.8) is 0 Å². The number of aryl methyl sites for hydroxylation is 2. The second-order valence-corrected chi connectivity index (χ2v) is 5.84. The summed E-state index contributed by atoms with van der Waals surface area (Å²) in [5.74, 6) is 0.0107. The molecule has 0 saturated carbocycles. The van der Waals surface area contributed by atoms with E-state index in [0.29, 0.717) is 24.9 Å². The van der Waals surface area contributed by atoms with Crippen LogP contribution < -0.4 is 10.9 Å². The highest BCUT2D eigenvalue weighted by Crippen LogP contribution is 2.15. The number of nitrogens with zero attached hydrogens (tertiary/aromatic N) is 1. The van der Waals surface area contributed by atoms with Gasteiger partial charge < -0.3 is 10.3 Å². The Kier molecular flexibility index (Phi) is 4.70. The molecular weight excluding hydrogens is 302 g/mol. The summed E-state index contributed by atoms with van der Waals surface area (Å²) in [5.41, 5.74) is 3.50. The van der Waals surface area contributed by atoms with E-state index >= 15 is 0 Å². The molecule has 1 amide bonds. The molecule has 24 heavy (non-hydrogen) atoms. The molecule has 0 bridgehead atoms. The molecule has 0 unspecified atom stereocenters. The van der Waals surface area contributed by atoms with Crippen molar-refractivity contribution in [2.45, 2.75) is 26.3 Å². The number of hydrogen-bond acceptors (Lipinski definition) is 3. The molecule has 2 aromatic heterocycles. The van der Waals surface area contributed by atoms with E-state index in [2.05, 4.69) is 15.3 Å². The van der Waals surface area contributed by atoms with E-state index in [4.69, 9.17) is 0 Å². The molecule has 0 aliphatic heterocycles. The first-order chi connectivity index (χ1) is 11.6. The standard InChI is InChI=1S/C19H19N3O2/c1-13-9-16-10-14(4-6-17(16)22-19(13)24)5-7-18(23)21-12-15-3-2-8-20-11-15/h2-4,6,8-11H,5,7,12H2,1H3,(H,21,23)(H,22,24). The largest absolute Gasteiger partial charge is 0.352 e. The topological polar surface area (TPSA) is 74.8 Å². The van der Waals surface area contributed by atoms with Gasteiger partial charge >= 0.3 is 0 Å². The zero-order valence-corrected chi connectivity index (χ0v) is 13.5. The van der Waals surface area contributed by atoms with Gasteiger partial charge in [0.2, 0.25) is 5.91 Å². The van der Waals surface area contributed by atoms with Crippen LogP contribution in [0.4, 0.5) is 0 Å². The summed E-state index contributed by atoms with van der Waals surface area (Å²) < 4.78 is 0. The summed E-state index contributed by atoms with van der Waals surface area (Å²) in [5, 5.41) is 3.88. The van der Waals surface area contributed by atoms with Gasteiger partial charge in [0.15, 0.2) is 0 Å². The van der Waals surface area contributed by atoms with Crippen molar-refractivity contribution in [3.8, 4) is 0 Å². The SMILES string of the molecule is Cc1cc2cc(CCC(=O)NCc3cccnc3)ccc2[nH]c1=O. The monoisotopic (exact) mass is 321 g/mol. The number of amides is 1. The number of benzene rings is 1. The van der Waals surface area contributed by atoms with Gasteiger partial charge in [-0.15, -0.1) is 0 Å². The minimum atomic E-state index is -0.0648. The van der Waals surface area contributed by atoms with Crippen LogP contribution in [-0.2, 0) is 17.8 Å². The van der Waals surface area contributed by atoms with E-state index < -0.39 is 0 Å². The van der Waals surface area contributed by atoms with E-state index in [-0.39, 0.29) is 11.5 Å². The highest BCUT2D eigenvalue weighted by atomic mass is 16.1. The van der Waals surface area contributed by atoms with Gasteiger partial charge in [-0.1, -0.05) is 12.1 Å². The van der Waals surface area contributed by atoms with Gasteiger partial charge in [0.1, 0.15) is 0 Å². The third kappa shape index (κ3) is 3.87. The molecule has 0 aliphatic carbocycles. The van der Waals surface area contributed by atoms with Crippen molar-refractivity contribution >= 4 is 16.8 Å². The van der Waals surface area contributed by atoms with E-state index in [0.717, 1.165) is 22.0 Å². The molecule has 0 radical (unpaired) electrons. The fraction of sp³-hybridized carbons (Fsp3) is 0.211. The van der Waals surface area contributed by atoms with Crippen molar-refractivity contribution in [1.29, 1.82) is 0 Å². The van der Waals surface area contributed by atoms with Crippen LogP contribution in [0.5, 0.6) is 0 Å². The van der Waals surface area contributed by atoms with E-state index in [1.54, 1.807) is 19.3 Å². The first-order valence-corrected chi connectivity index (χ1v) is 7.90. The van der Waals surface area contributed by atoms with Crippen molar-refractivity contribution < 1.29 is 4.79 Å². The Morgan fingerprint density at radius 2 is 2.08 bits per heavy atom. The summed E-state index contributed by atoms with van der Waals surface area (Å²) in [6, 6.07) is 11.5. The van der Waals surface area contributed by atoms with Crippen molar-refractivity contribution in [2.24, 2.45) is 0 Å². The summed E-state index contributed by atoms with van der Waals surface area (Å²) in [7, 11) is 0. The number of rotatable bonds is 5. The molecule has 0 saturated heterocycles. The van der Waals surface area contributed by atoms with Crippen molar-refractivity contribution in [2.75, 3.05) is 0 Å². The van der Waals surface area contributed by atoms with Crippen molar-refractivity contribution in [1.82, 2.24) is 15.3 Å². The molecule has 5 heteroatoms. The Morgan fingerprint density at radius 3 is 2.88 bits per heavy atom. The summed E-state index contributed by atoms with van der Waals surface area (Å²) in [6.07, 6.45) is 4.54. The highest BCUT2D eigenvalue weighted by Gasteiger charge is 2.05. The number of carbonyl (C=O) groups excluding carboxylic acids is 1. The van der Waals surface area contributed by atoms with Gasteiger partial charge in [0.05, 0.1) is 0 Å². The molecule has 5 nitrogen and oxygen atoms in total. The van der Waals surface area contributed by atoms with Crippen LogP contribution >= 0.6 is 0 Å². The number of carbonyl (C=O) groups is 1. The number of H-pyrrole nitrogens is 1. The fourth-order valence-electron chi connectivity index (χ4n) is 2.57. The third-order valence-electron chi connectivity index (χ3n) is 3.95. The van der Waals surface area contributed by atoms with Gasteiger partial charge in [-0.3, -0.25) is 14.6 Å². The summed E-state index contributed by atoms with van der Waals surface area (Å²) in [4.78, 5) is 30.5. The fourth-order valence-corrected chi connectivity index (χ4v) is 2.57. The first-order valence-electron chi connectivity index (χ1n) is 7.90. The lowest BCUT2D eigenvalue weighted by atomic mass is 10.1. The summed E-state index contributed by atoms with van der Waals surface area (Å²) >= 11 is 0. The average molecular weight is 321 g/mol. The Hall–Kier alpha value is -2.95. The normalized spacial score (nSPS) is 10.7. The van der Waals surface area contributed by atoms with E-state index in [1.165, 1.54) is 0 Å². The lowest BCUT2D eigenvalue weighted by molar-refractivity contribution is -0.121. The van der Waals surface area contributed by atoms with Crippen LogP contribution in [0.25, 0.3) is 10.9 Å². The molecule has 3 rings (SSSR count). The minimum Gasteiger partial charge on any atom is -0.352 e. The second kappa shape index (κ2) is 7.08. The van der Waals surface area contributed by atoms with Crippen LogP contribution in [0.3, 0.4) is 0 Å². The minimum absolute atomic E-state index is 0.0107. The van der Waals surface area contributed by atoms with Crippen molar-refractivity contribution in [3.05, 3.63) is 75.8 Å². The Labute approximate surface area is 139 Å². The van der Waals surface area contributed by atoms with Gasteiger partial charge in [-0.2, -0.15) is 0 Å². The van der Waals surface area contributed by atoms with Crippen LogP contribution in [0.1, 0.15) is 23.1 Å². The molecule has 2 N–H and O–H groups in total. The molecule has 0 atom stereocenters. The predicted molar refractivity (Wildman–Crippen MR) is 93.7 cm³/mol. The zero-order chi connectivity index (χ0) is 16.9. The Balaban J connectivity index is 1.60. The van der Waals surface area contributed by atoms with Gasteiger partial charge in [0, 0.05) is 36.4 Å². The number of aromatic nitrogens is 2. The Morgan fingerprint density at radius 1 is 1.21 bits per heavy atom. The maximum absolute atomic E-state index is 12.0. The predicted octanol–water partition coefficient (Wildman–Crippen LogP) is 2.48. The van der Waals surface area contributed by atoms with Gasteiger partial charge in [-0.25, -0.2) is 0 Å². The van der Waals surface area contributed by atoms with Crippen LogP contribution in [0.15, 0.2) is 53.6 Å². The maximum atomic E-state index is 12.0. The van der Waals surface area contributed by atoms with Crippen LogP contribution in [-0.4, -0.2) is 15.9 Å². The number of aromatic amines is 1. The zero-order valence-electron chi connectivity index (χ0n) is 13.5. The van der Waals surface area contributed by atoms with E-state index in [9.17, 15) is 9.59 Å². The molecule has 0 spiro atoms. The van der Waals surface area contributed by atoms with Crippen LogP contribution in [0, 0.1) is 6.92 Å². The number of hydrogen-bond donors (Lipinski definition) is 2. The molecule has 2 heterocycles. The van der Waals surface area contributed by atoms with Crippen LogP contribution in [0.2, 0.25) is 0 Å². The second-order valence-electron chi connectivity index (χ2n) is 5.84. The van der Waals surface area contributed by atoms with Gasteiger partial charge in [0.25, 0.3) is 5.56 Å². The molecule has 1 aromatic carbocycles. The number of nitrogens with one attached hydrogen (secondary N) is 2. The van der Waals surface area contributed by atoms with E-state index in [1.807, 2.05) is 36.4 Å². The molecule has 0 fully saturated rings. The molecular formula is C19H19N3O2. The highest BCUT2D eigenvalue weighted by molar-refractivity contribution is 5.80. The molecule has 0 aliphatic rings. The molecule has 122 valence electrons. The smallest absolute Gasteiger partial charge is 0.251 e. The number of fused-ring (bicyclic) bond motifs is 1. The lowest BCUT2D eigenvalue weighted by Gasteiger charge is -2.06. The number of pyridine rings is 2. The van der Waals surface area contributed by atoms with Gasteiger partial charge in [-0.05, 0) is 54.1 Å². The molecule has 3 aromatic rings. The third-order valence-corrected chi connectivity index (χ3v) is 3.95. The average Bonchev–Trinajstić information content (AvgIpc) is 2.60. The lowest BCUT2D eigenvalue weighted by Crippen LogP contribution is -2.23. The first kappa shape index (κ1) is 15.9. The summed E-state index contributed by atoms with van der Waals surface area (Å²) in [6.45, 7) is 2.28. The Bertz CT molecular complexity index is 917. The quantitative estimate of drug-likeness (QED) is 0.758. The maximum Gasteiger partial charge on any atom is 0.251 e.